The standard InChI is InChI=1S/C17H19ClN2O3/c1-11(21)13-5-3-7-20(10-13)17(22)15-9-16(23-19-15)12-4-2-6-14(18)8-12/h2,4,6,8-9,11,13,21H,3,5,7,10H2,1H3. The Bertz CT molecular complexity index is 699. The molecule has 1 N–H and O–H groups in total. The Morgan fingerprint density at radius 2 is 2.30 bits per heavy atom. The summed E-state index contributed by atoms with van der Waals surface area (Å²) < 4.78 is 5.29. The topological polar surface area (TPSA) is 66.6 Å². The number of amides is 1. The molecule has 2 atom stereocenters. The van der Waals surface area contributed by atoms with Gasteiger partial charge in [0.25, 0.3) is 5.91 Å². The van der Waals surface area contributed by atoms with Crippen LogP contribution in [0.1, 0.15) is 30.3 Å². The van der Waals surface area contributed by atoms with Crippen molar-refractivity contribution in [1.82, 2.24) is 10.1 Å². The summed E-state index contributed by atoms with van der Waals surface area (Å²) in [6, 6.07) is 8.85. The summed E-state index contributed by atoms with van der Waals surface area (Å²) in [4.78, 5) is 14.3. The summed E-state index contributed by atoms with van der Waals surface area (Å²) in [5.74, 6) is 0.472. The Hall–Kier alpha value is -1.85. The van der Waals surface area contributed by atoms with Gasteiger partial charge in [-0.05, 0) is 31.9 Å². The van der Waals surface area contributed by atoms with Crippen molar-refractivity contribution in [2.24, 2.45) is 5.92 Å². The van der Waals surface area contributed by atoms with Gasteiger partial charge in [-0.3, -0.25) is 4.79 Å². The number of carbonyl (C=O) groups is 1. The van der Waals surface area contributed by atoms with Crippen molar-refractivity contribution >= 4 is 17.5 Å². The van der Waals surface area contributed by atoms with Gasteiger partial charge < -0.3 is 14.5 Å². The number of likely N-dealkylation sites (tertiary alicyclic amines) is 1. The molecule has 2 unspecified atom stereocenters. The number of halogens is 1. The van der Waals surface area contributed by atoms with Crippen molar-refractivity contribution in [2.45, 2.75) is 25.9 Å². The van der Waals surface area contributed by atoms with Gasteiger partial charge in [-0.15, -0.1) is 0 Å². The van der Waals surface area contributed by atoms with Crippen LogP contribution >= 0.6 is 11.6 Å². The van der Waals surface area contributed by atoms with Crippen LogP contribution in [0.15, 0.2) is 34.9 Å². The van der Waals surface area contributed by atoms with Crippen molar-refractivity contribution in [3.63, 3.8) is 0 Å². The molecule has 6 heteroatoms. The van der Waals surface area contributed by atoms with Gasteiger partial charge in [0.2, 0.25) is 0 Å². The summed E-state index contributed by atoms with van der Waals surface area (Å²) in [7, 11) is 0. The molecule has 3 rings (SSSR count). The van der Waals surface area contributed by atoms with Gasteiger partial charge >= 0.3 is 0 Å². The van der Waals surface area contributed by atoms with Crippen molar-refractivity contribution in [3.05, 3.63) is 41.0 Å². The van der Waals surface area contributed by atoms with Crippen LogP contribution in [-0.2, 0) is 0 Å². The fourth-order valence-corrected chi connectivity index (χ4v) is 3.09. The third-order valence-electron chi connectivity index (χ3n) is 4.27. The Labute approximate surface area is 139 Å². The molecule has 0 aliphatic carbocycles. The summed E-state index contributed by atoms with van der Waals surface area (Å²) >= 11 is 5.97. The van der Waals surface area contributed by atoms with E-state index in [9.17, 15) is 9.90 Å². The SMILES string of the molecule is CC(O)C1CCCN(C(=O)c2cc(-c3cccc(Cl)c3)on2)C1. The number of aliphatic hydroxyl groups is 1. The molecular formula is C17H19ClN2O3. The van der Waals surface area contributed by atoms with Gasteiger partial charge in [-0.25, -0.2) is 0 Å². The number of piperidine rings is 1. The fourth-order valence-electron chi connectivity index (χ4n) is 2.90. The molecule has 1 aromatic carbocycles. The highest BCUT2D eigenvalue weighted by Gasteiger charge is 2.28. The van der Waals surface area contributed by atoms with E-state index in [0.717, 1.165) is 18.4 Å². The number of hydrogen-bond acceptors (Lipinski definition) is 4. The predicted octanol–water partition coefficient (Wildman–Crippen LogP) is 3.23. The molecule has 0 saturated carbocycles. The monoisotopic (exact) mass is 334 g/mol. The molecule has 1 aromatic heterocycles. The van der Waals surface area contributed by atoms with Crippen LogP contribution < -0.4 is 0 Å². The van der Waals surface area contributed by atoms with E-state index in [0.29, 0.717) is 23.9 Å². The fraction of sp³-hybridized carbons (Fsp3) is 0.412. The first-order valence-electron chi connectivity index (χ1n) is 7.74. The van der Waals surface area contributed by atoms with E-state index in [1.165, 1.54) is 0 Å². The highest BCUT2D eigenvalue weighted by Crippen LogP contribution is 2.25. The zero-order chi connectivity index (χ0) is 16.4. The van der Waals surface area contributed by atoms with Crippen molar-refractivity contribution < 1.29 is 14.4 Å². The van der Waals surface area contributed by atoms with E-state index in [1.807, 2.05) is 12.1 Å². The number of carbonyl (C=O) groups excluding carboxylic acids is 1. The Morgan fingerprint density at radius 3 is 3.04 bits per heavy atom. The third-order valence-corrected chi connectivity index (χ3v) is 4.50. The zero-order valence-corrected chi connectivity index (χ0v) is 13.7. The lowest BCUT2D eigenvalue weighted by Crippen LogP contribution is -2.43. The van der Waals surface area contributed by atoms with Crippen LogP contribution in [-0.4, -0.2) is 40.3 Å². The minimum atomic E-state index is -0.412. The van der Waals surface area contributed by atoms with Gasteiger partial charge in [0.15, 0.2) is 11.5 Å². The molecule has 1 aliphatic rings. The van der Waals surface area contributed by atoms with Crippen LogP contribution in [0, 0.1) is 5.92 Å². The highest BCUT2D eigenvalue weighted by molar-refractivity contribution is 6.30. The van der Waals surface area contributed by atoms with Gasteiger partial charge in [0.05, 0.1) is 6.10 Å². The second-order valence-corrected chi connectivity index (χ2v) is 6.42. The second kappa shape index (κ2) is 6.72. The minimum Gasteiger partial charge on any atom is -0.393 e. The number of aromatic nitrogens is 1. The van der Waals surface area contributed by atoms with Crippen LogP contribution in [0.2, 0.25) is 5.02 Å². The van der Waals surface area contributed by atoms with Gasteiger partial charge in [0.1, 0.15) is 0 Å². The number of benzene rings is 1. The molecule has 2 aromatic rings. The summed E-state index contributed by atoms with van der Waals surface area (Å²) in [5, 5.41) is 14.2. The minimum absolute atomic E-state index is 0.118. The molecule has 2 heterocycles. The van der Waals surface area contributed by atoms with Gasteiger partial charge in [0, 0.05) is 35.7 Å². The number of hydrogen-bond donors (Lipinski definition) is 1. The first-order valence-corrected chi connectivity index (χ1v) is 8.12. The molecule has 0 spiro atoms. The molecular weight excluding hydrogens is 316 g/mol. The van der Waals surface area contributed by atoms with Crippen LogP contribution in [0.4, 0.5) is 0 Å². The van der Waals surface area contributed by atoms with E-state index in [2.05, 4.69) is 5.16 Å². The average molecular weight is 335 g/mol. The molecule has 5 nitrogen and oxygen atoms in total. The lowest BCUT2D eigenvalue weighted by atomic mass is 9.93. The summed E-state index contributed by atoms with van der Waals surface area (Å²) in [6.45, 7) is 3.00. The normalized spacial score (nSPS) is 19.6. The molecule has 23 heavy (non-hydrogen) atoms. The molecule has 1 saturated heterocycles. The van der Waals surface area contributed by atoms with Crippen molar-refractivity contribution in [1.29, 1.82) is 0 Å². The van der Waals surface area contributed by atoms with Crippen molar-refractivity contribution in [3.8, 4) is 11.3 Å². The third kappa shape index (κ3) is 3.57. The summed E-state index contributed by atoms with van der Waals surface area (Å²) in [5.41, 5.74) is 1.07. The quantitative estimate of drug-likeness (QED) is 0.935. The maximum absolute atomic E-state index is 12.6. The van der Waals surface area contributed by atoms with E-state index >= 15 is 0 Å². The lowest BCUT2D eigenvalue weighted by Gasteiger charge is -2.33. The first-order chi connectivity index (χ1) is 11.0. The van der Waals surface area contributed by atoms with E-state index in [4.69, 9.17) is 16.1 Å². The van der Waals surface area contributed by atoms with E-state index in [1.54, 1.807) is 30.0 Å². The largest absolute Gasteiger partial charge is 0.393 e. The van der Waals surface area contributed by atoms with Crippen LogP contribution in [0.3, 0.4) is 0 Å². The Balaban J connectivity index is 1.76. The smallest absolute Gasteiger partial charge is 0.276 e. The molecule has 122 valence electrons. The van der Waals surface area contributed by atoms with E-state index in [-0.39, 0.29) is 17.5 Å². The number of aliphatic hydroxyl groups excluding tert-OH is 1. The van der Waals surface area contributed by atoms with Crippen molar-refractivity contribution in [2.75, 3.05) is 13.1 Å². The molecule has 1 aliphatic heterocycles. The summed E-state index contributed by atoms with van der Waals surface area (Å²) in [6.07, 6.45) is 1.42. The second-order valence-electron chi connectivity index (χ2n) is 5.98. The molecule has 0 radical (unpaired) electrons. The lowest BCUT2D eigenvalue weighted by molar-refractivity contribution is 0.0458. The Morgan fingerprint density at radius 1 is 1.48 bits per heavy atom. The van der Waals surface area contributed by atoms with Crippen LogP contribution in [0.5, 0.6) is 0 Å². The highest BCUT2D eigenvalue weighted by atomic mass is 35.5. The number of nitrogens with zero attached hydrogens (tertiary/aromatic N) is 2. The maximum Gasteiger partial charge on any atom is 0.276 e. The average Bonchev–Trinajstić information content (AvgIpc) is 3.04. The first kappa shape index (κ1) is 16.0. The van der Waals surface area contributed by atoms with E-state index < -0.39 is 6.10 Å². The predicted molar refractivity (Wildman–Crippen MR) is 87.3 cm³/mol. The number of rotatable bonds is 3. The Kier molecular flexibility index (Phi) is 4.68. The maximum atomic E-state index is 12.6. The molecule has 1 fully saturated rings. The zero-order valence-electron chi connectivity index (χ0n) is 12.9. The molecule has 1 amide bonds. The van der Waals surface area contributed by atoms with Gasteiger partial charge in [-0.1, -0.05) is 28.9 Å². The molecule has 0 bridgehead atoms. The van der Waals surface area contributed by atoms with Crippen LogP contribution in [0.25, 0.3) is 11.3 Å². The van der Waals surface area contributed by atoms with Gasteiger partial charge in [-0.2, -0.15) is 0 Å².